The van der Waals surface area contributed by atoms with Crippen molar-refractivity contribution in [1.82, 2.24) is 0 Å². The quantitative estimate of drug-likeness (QED) is 0.360. The molecule has 0 saturated heterocycles. The van der Waals surface area contributed by atoms with Crippen molar-refractivity contribution in [3.05, 3.63) is 72.8 Å². The first-order chi connectivity index (χ1) is 10.9. The largest absolute Gasteiger partial charge is 0.453 e. The second kappa shape index (κ2) is 4.25. The third kappa shape index (κ3) is 1.67. The van der Waals surface area contributed by atoms with Gasteiger partial charge >= 0.3 is 0 Å². The van der Waals surface area contributed by atoms with Crippen LogP contribution >= 0.6 is 0 Å². The van der Waals surface area contributed by atoms with Gasteiger partial charge in [-0.1, -0.05) is 36.4 Å². The number of hydrogen-bond donors (Lipinski definition) is 1. The molecule has 1 heterocycles. The van der Waals surface area contributed by atoms with Crippen LogP contribution in [-0.2, 0) is 0 Å². The van der Waals surface area contributed by atoms with E-state index in [1.807, 2.05) is 24.3 Å². The molecule has 0 aromatic heterocycles. The fourth-order valence-electron chi connectivity index (χ4n) is 3.08. The molecule has 1 N–H and O–H groups in total. The van der Waals surface area contributed by atoms with Gasteiger partial charge in [0.05, 0.1) is 11.4 Å². The van der Waals surface area contributed by atoms with Crippen LogP contribution in [0.4, 0.5) is 11.4 Å². The first-order valence-corrected chi connectivity index (χ1v) is 7.37. The zero-order valence-electron chi connectivity index (χ0n) is 11.8. The molecule has 4 aromatic carbocycles. The molecule has 0 spiro atoms. The normalized spacial score (nSPS) is 12.4. The molecule has 0 fully saturated rings. The van der Waals surface area contributed by atoms with Crippen molar-refractivity contribution in [3.63, 3.8) is 0 Å². The number of hydrogen-bond acceptors (Lipinski definition) is 2. The van der Waals surface area contributed by atoms with Crippen molar-refractivity contribution in [2.75, 3.05) is 5.32 Å². The minimum atomic E-state index is 0.870. The van der Waals surface area contributed by atoms with Crippen LogP contribution in [0.3, 0.4) is 0 Å². The van der Waals surface area contributed by atoms with E-state index in [-0.39, 0.29) is 0 Å². The highest BCUT2D eigenvalue weighted by atomic mass is 16.5. The lowest BCUT2D eigenvalue weighted by Gasteiger charge is -2.22. The number of rotatable bonds is 0. The monoisotopic (exact) mass is 283 g/mol. The lowest BCUT2D eigenvalue weighted by molar-refractivity contribution is 0.482. The molecule has 22 heavy (non-hydrogen) atoms. The minimum absolute atomic E-state index is 0.870. The lowest BCUT2D eigenvalue weighted by Crippen LogP contribution is -2.02. The van der Waals surface area contributed by atoms with Crippen LogP contribution in [0.5, 0.6) is 11.5 Å². The summed E-state index contributed by atoms with van der Waals surface area (Å²) < 4.78 is 6.04. The molecule has 0 saturated carbocycles. The number of para-hydroxylation sites is 2. The third-order valence-corrected chi connectivity index (χ3v) is 4.18. The molecule has 2 nitrogen and oxygen atoms in total. The summed E-state index contributed by atoms with van der Waals surface area (Å²) in [5.74, 6) is 1.75. The van der Waals surface area contributed by atoms with Crippen LogP contribution < -0.4 is 10.1 Å². The van der Waals surface area contributed by atoms with Crippen molar-refractivity contribution in [2.45, 2.75) is 0 Å². The van der Waals surface area contributed by atoms with Gasteiger partial charge in [-0.3, -0.25) is 0 Å². The number of benzene rings is 4. The first kappa shape index (κ1) is 11.6. The van der Waals surface area contributed by atoms with Gasteiger partial charge in [0.1, 0.15) is 0 Å². The average Bonchev–Trinajstić information content (AvgIpc) is 2.56. The summed E-state index contributed by atoms with van der Waals surface area (Å²) >= 11 is 0. The average molecular weight is 283 g/mol. The van der Waals surface area contributed by atoms with E-state index in [0.29, 0.717) is 0 Å². The molecule has 0 radical (unpaired) electrons. The van der Waals surface area contributed by atoms with Crippen LogP contribution in [0.1, 0.15) is 0 Å². The predicted octanol–water partition coefficient (Wildman–Crippen LogP) is 5.84. The second-order valence-electron chi connectivity index (χ2n) is 5.62. The van der Waals surface area contributed by atoms with Crippen molar-refractivity contribution in [3.8, 4) is 11.5 Å². The maximum absolute atomic E-state index is 6.04. The van der Waals surface area contributed by atoms with Gasteiger partial charge < -0.3 is 10.1 Å². The molecule has 0 atom stereocenters. The van der Waals surface area contributed by atoms with Crippen molar-refractivity contribution < 1.29 is 4.74 Å². The van der Waals surface area contributed by atoms with Gasteiger partial charge in [0, 0.05) is 0 Å². The molecule has 104 valence electrons. The summed E-state index contributed by atoms with van der Waals surface area (Å²) in [5, 5.41) is 8.37. The number of nitrogens with one attached hydrogen (secondary N) is 1. The fourth-order valence-corrected chi connectivity index (χ4v) is 3.08. The first-order valence-electron chi connectivity index (χ1n) is 7.37. The summed E-state index contributed by atoms with van der Waals surface area (Å²) in [5.41, 5.74) is 2.02. The topological polar surface area (TPSA) is 21.3 Å². The highest BCUT2D eigenvalue weighted by Crippen LogP contribution is 2.43. The van der Waals surface area contributed by atoms with Crippen molar-refractivity contribution >= 4 is 32.9 Å². The predicted molar refractivity (Wildman–Crippen MR) is 91.3 cm³/mol. The maximum Gasteiger partial charge on any atom is 0.151 e. The van der Waals surface area contributed by atoms with Gasteiger partial charge in [-0.15, -0.1) is 0 Å². The molecule has 0 aliphatic carbocycles. The van der Waals surface area contributed by atoms with Gasteiger partial charge in [0.15, 0.2) is 11.5 Å². The molecule has 2 heteroatoms. The fraction of sp³-hybridized carbons (Fsp3) is 0. The SMILES string of the molecule is c1ccc2c(c1)Nc1cc3cc4ccccc4cc3cc1O2. The summed E-state index contributed by atoms with van der Waals surface area (Å²) in [6.07, 6.45) is 0. The molecular weight excluding hydrogens is 270 g/mol. The number of anilines is 2. The molecule has 1 aliphatic rings. The Kier molecular flexibility index (Phi) is 2.25. The lowest BCUT2D eigenvalue weighted by atomic mass is 10.0. The van der Waals surface area contributed by atoms with Crippen LogP contribution in [0, 0.1) is 0 Å². The van der Waals surface area contributed by atoms with E-state index in [9.17, 15) is 0 Å². The molecule has 0 unspecified atom stereocenters. The Labute approximate surface area is 128 Å². The zero-order valence-corrected chi connectivity index (χ0v) is 11.8. The van der Waals surface area contributed by atoms with E-state index in [2.05, 4.69) is 53.8 Å². The Morgan fingerprint density at radius 3 is 2.05 bits per heavy atom. The summed E-state index contributed by atoms with van der Waals surface area (Å²) in [7, 11) is 0. The molecule has 0 amide bonds. The Balaban J connectivity index is 1.75. The van der Waals surface area contributed by atoms with Gasteiger partial charge in [-0.25, -0.2) is 0 Å². The molecular formula is C20H13NO. The minimum Gasteiger partial charge on any atom is -0.453 e. The van der Waals surface area contributed by atoms with Gasteiger partial charge in [0.25, 0.3) is 0 Å². The van der Waals surface area contributed by atoms with E-state index in [4.69, 9.17) is 4.74 Å². The second-order valence-corrected chi connectivity index (χ2v) is 5.62. The smallest absolute Gasteiger partial charge is 0.151 e. The Hall–Kier alpha value is -3.00. The standard InChI is InChI=1S/C20H13NO/c1-2-6-14-10-16-12-20-18(11-15(16)9-13(14)5-1)21-17-7-3-4-8-19(17)22-20/h1-12,21H. The summed E-state index contributed by atoms with van der Waals surface area (Å²) in [6, 6.07) is 25.2. The van der Waals surface area contributed by atoms with Crippen LogP contribution in [0.15, 0.2) is 72.8 Å². The molecule has 1 aliphatic heterocycles. The van der Waals surface area contributed by atoms with E-state index >= 15 is 0 Å². The Morgan fingerprint density at radius 2 is 1.23 bits per heavy atom. The molecule has 5 rings (SSSR count). The molecule has 4 aromatic rings. The van der Waals surface area contributed by atoms with E-state index in [1.54, 1.807) is 0 Å². The maximum atomic E-state index is 6.04. The van der Waals surface area contributed by atoms with Crippen molar-refractivity contribution in [1.29, 1.82) is 0 Å². The molecule has 0 bridgehead atoms. The number of fused-ring (bicyclic) bond motifs is 4. The highest BCUT2D eigenvalue weighted by molar-refractivity contribution is 6.01. The van der Waals surface area contributed by atoms with Crippen LogP contribution in [-0.4, -0.2) is 0 Å². The van der Waals surface area contributed by atoms with Crippen LogP contribution in [0.2, 0.25) is 0 Å². The summed E-state index contributed by atoms with van der Waals surface area (Å²) in [6.45, 7) is 0. The Bertz CT molecular complexity index is 953. The van der Waals surface area contributed by atoms with Gasteiger partial charge in [-0.05, 0) is 57.9 Å². The van der Waals surface area contributed by atoms with E-state index < -0.39 is 0 Å². The third-order valence-electron chi connectivity index (χ3n) is 4.18. The van der Waals surface area contributed by atoms with E-state index in [0.717, 1.165) is 22.9 Å². The van der Waals surface area contributed by atoms with Crippen molar-refractivity contribution in [2.24, 2.45) is 0 Å². The summed E-state index contributed by atoms with van der Waals surface area (Å²) in [4.78, 5) is 0. The zero-order chi connectivity index (χ0) is 14.5. The van der Waals surface area contributed by atoms with Gasteiger partial charge in [-0.2, -0.15) is 0 Å². The van der Waals surface area contributed by atoms with E-state index in [1.165, 1.54) is 21.5 Å². The highest BCUT2D eigenvalue weighted by Gasteiger charge is 2.16. The van der Waals surface area contributed by atoms with Crippen LogP contribution in [0.25, 0.3) is 21.5 Å². The van der Waals surface area contributed by atoms with Gasteiger partial charge in [0.2, 0.25) is 0 Å². The Morgan fingerprint density at radius 1 is 0.545 bits per heavy atom. The number of ether oxygens (including phenoxy) is 1.